The highest BCUT2D eigenvalue weighted by Gasteiger charge is 2.24. The van der Waals surface area contributed by atoms with Crippen LogP contribution in [0.3, 0.4) is 0 Å². The molecule has 0 aromatic rings. The van der Waals surface area contributed by atoms with Gasteiger partial charge in [0.1, 0.15) is 12.3 Å². The Kier molecular flexibility index (Phi) is 6.65. The van der Waals surface area contributed by atoms with Gasteiger partial charge in [-0.2, -0.15) is 0 Å². The van der Waals surface area contributed by atoms with Crippen molar-refractivity contribution in [1.29, 1.82) is 0 Å². The van der Waals surface area contributed by atoms with E-state index in [0.29, 0.717) is 13.0 Å². The van der Waals surface area contributed by atoms with E-state index in [2.05, 4.69) is 0 Å². The van der Waals surface area contributed by atoms with Crippen LogP contribution in [0.1, 0.15) is 45.4 Å². The second-order valence-corrected chi connectivity index (χ2v) is 4.25. The van der Waals surface area contributed by atoms with Gasteiger partial charge in [-0.05, 0) is 25.7 Å². The fraction of sp³-hybridized carbons (Fsp3) is 0.846. The maximum atomic E-state index is 13.7. The molecule has 1 radical (unpaired) electrons. The molecule has 0 aromatic heterocycles. The first-order valence-corrected chi connectivity index (χ1v) is 6.24. The van der Waals surface area contributed by atoms with E-state index >= 15 is 0 Å². The van der Waals surface area contributed by atoms with Gasteiger partial charge in [-0.15, -0.1) is 0 Å². The lowest BCUT2D eigenvalue weighted by molar-refractivity contribution is -0.189. The lowest BCUT2D eigenvalue weighted by Gasteiger charge is -2.27. The van der Waals surface area contributed by atoms with Crippen molar-refractivity contribution in [2.75, 3.05) is 6.61 Å². The van der Waals surface area contributed by atoms with Crippen molar-refractivity contribution in [3.05, 3.63) is 12.7 Å². The molecule has 1 rings (SSSR count). The molecule has 3 heteroatoms. The quantitative estimate of drug-likeness (QED) is 0.666. The molecule has 0 spiro atoms. The summed E-state index contributed by atoms with van der Waals surface area (Å²) in [7, 11) is 0. The first kappa shape index (κ1) is 13.7. The van der Waals surface area contributed by atoms with Gasteiger partial charge in [0.15, 0.2) is 6.29 Å². The Hall–Kier alpha value is -0.410. The molecular formula is C13H22FO2. The minimum Gasteiger partial charge on any atom is -0.353 e. The van der Waals surface area contributed by atoms with Gasteiger partial charge in [0.25, 0.3) is 0 Å². The number of unbranched alkanes of at least 4 members (excludes halogenated alkanes) is 1. The van der Waals surface area contributed by atoms with Gasteiger partial charge in [-0.1, -0.05) is 32.4 Å². The Morgan fingerprint density at radius 2 is 2.38 bits per heavy atom. The smallest absolute Gasteiger partial charge is 0.158 e. The number of halogens is 1. The number of alkyl halides is 1. The Morgan fingerprint density at radius 1 is 1.56 bits per heavy atom. The second kappa shape index (κ2) is 7.80. The molecule has 0 amide bonds. The molecule has 0 saturated carbocycles. The van der Waals surface area contributed by atoms with E-state index < -0.39 is 12.3 Å². The SMILES string of the molecule is [CH]=CC(OC1CCCCO1)C(F)CCCC. The highest BCUT2D eigenvalue weighted by Crippen LogP contribution is 2.20. The first-order valence-electron chi connectivity index (χ1n) is 6.24. The molecule has 16 heavy (non-hydrogen) atoms. The van der Waals surface area contributed by atoms with Gasteiger partial charge in [0.2, 0.25) is 0 Å². The van der Waals surface area contributed by atoms with Gasteiger partial charge in [0.05, 0.1) is 0 Å². The second-order valence-electron chi connectivity index (χ2n) is 4.25. The molecule has 0 N–H and O–H groups in total. The molecule has 1 saturated heterocycles. The lowest BCUT2D eigenvalue weighted by atomic mass is 10.1. The van der Waals surface area contributed by atoms with E-state index in [1.54, 1.807) is 0 Å². The summed E-state index contributed by atoms with van der Waals surface area (Å²) in [6, 6.07) is 0. The first-order chi connectivity index (χ1) is 7.77. The standard InChI is InChI=1S/C13H22FO2/c1-3-5-8-11(14)12(4-2)16-13-9-6-7-10-15-13/h2,4,11-13H,3,5-10H2,1H3. The van der Waals surface area contributed by atoms with Crippen LogP contribution in [-0.2, 0) is 9.47 Å². The summed E-state index contributed by atoms with van der Waals surface area (Å²) >= 11 is 0. The Bertz CT molecular complexity index is 190. The fourth-order valence-corrected chi connectivity index (χ4v) is 1.81. The van der Waals surface area contributed by atoms with Gasteiger partial charge in [-0.3, -0.25) is 0 Å². The number of rotatable bonds is 7. The van der Waals surface area contributed by atoms with Crippen LogP contribution in [0, 0.1) is 6.58 Å². The largest absolute Gasteiger partial charge is 0.353 e. The van der Waals surface area contributed by atoms with E-state index in [1.807, 2.05) is 6.92 Å². The zero-order valence-corrected chi connectivity index (χ0v) is 10.0. The zero-order valence-electron chi connectivity index (χ0n) is 10.0. The van der Waals surface area contributed by atoms with Crippen LogP contribution in [-0.4, -0.2) is 25.2 Å². The van der Waals surface area contributed by atoms with E-state index in [1.165, 1.54) is 6.08 Å². The molecule has 2 nitrogen and oxygen atoms in total. The third kappa shape index (κ3) is 4.62. The number of ether oxygens (including phenoxy) is 2. The van der Waals surface area contributed by atoms with Crippen LogP contribution in [0.15, 0.2) is 6.08 Å². The number of hydrogen-bond donors (Lipinski definition) is 0. The molecule has 1 heterocycles. The van der Waals surface area contributed by atoms with Crippen LogP contribution in [0.2, 0.25) is 0 Å². The number of hydrogen-bond acceptors (Lipinski definition) is 2. The average molecular weight is 229 g/mol. The monoisotopic (exact) mass is 229 g/mol. The third-order valence-corrected chi connectivity index (χ3v) is 2.83. The lowest BCUT2D eigenvalue weighted by Crippen LogP contribution is -2.32. The summed E-state index contributed by atoms with van der Waals surface area (Å²) in [6.45, 7) is 8.16. The van der Waals surface area contributed by atoms with Gasteiger partial charge in [0, 0.05) is 6.61 Å². The van der Waals surface area contributed by atoms with E-state index in [4.69, 9.17) is 16.1 Å². The normalized spacial score (nSPS) is 25.0. The van der Waals surface area contributed by atoms with Crippen molar-refractivity contribution in [1.82, 2.24) is 0 Å². The summed E-state index contributed by atoms with van der Waals surface area (Å²) in [4.78, 5) is 0. The van der Waals surface area contributed by atoms with Crippen molar-refractivity contribution in [3.63, 3.8) is 0 Å². The molecule has 93 valence electrons. The minimum absolute atomic E-state index is 0.279. The van der Waals surface area contributed by atoms with Gasteiger partial charge < -0.3 is 9.47 Å². The molecule has 0 aliphatic carbocycles. The third-order valence-electron chi connectivity index (χ3n) is 2.83. The summed E-state index contributed by atoms with van der Waals surface area (Å²) in [5, 5.41) is 0. The highest BCUT2D eigenvalue weighted by atomic mass is 19.1. The van der Waals surface area contributed by atoms with Crippen molar-refractivity contribution >= 4 is 0 Å². The summed E-state index contributed by atoms with van der Waals surface area (Å²) < 4.78 is 24.6. The van der Waals surface area contributed by atoms with Gasteiger partial charge >= 0.3 is 0 Å². The summed E-state index contributed by atoms with van der Waals surface area (Å²) in [6.07, 6.45) is 4.70. The van der Waals surface area contributed by atoms with Crippen LogP contribution in [0.5, 0.6) is 0 Å². The Morgan fingerprint density at radius 3 is 2.94 bits per heavy atom. The van der Waals surface area contributed by atoms with Crippen LogP contribution in [0.4, 0.5) is 4.39 Å². The molecule has 1 aliphatic heterocycles. The van der Waals surface area contributed by atoms with E-state index in [0.717, 1.165) is 32.1 Å². The highest BCUT2D eigenvalue weighted by molar-refractivity contribution is 4.85. The van der Waals surface area contributed by atoms with E-state index in [-0.39, 0.29) is 6.29 Å². The molecule has 1 fully saturated rings. The van der Waals surface area contributed by atoms with Crippen LogP contribution < -0.4 is 0 Å². The fourth-order valence-electron chi connectivity index (χ4n) is 1.81. The van der Waals surface area contributed by atoms with Crippen molar-refractivity contribution in [2.45, 2.75) is 64.0 Å². The maximum Gasteiger partial charge on any atom is 0.158 e. The molecule has 0 aromatic carbocycles. The molecule has 3 atom stereocenters. The maximum absolute atomic E-state index is 13.7. The predicted octanol–water partition coefficient (Wildman–Crippen LogP) is 3.42. The predicted molar refractivity (Wildman–Crippen MR) is 61.8 cm³/mol. The topological polar surface area (TPSA) is 18.5 Å². The summed E-state index contributed by atoms with van der Waals surface area (Å²) in [5.41, 5.74) is 0. The molecular weight excluding hydrogens is 207 g/mol. The molecule has 0 bridgehead atoms. The van der Waals surface area contributed by atoms with Crippen molar-refractivity contribution in [3.8, 4) is 0 Å². The van der Waals surface area contributed by atoms with Crippen LogP contribution >= 0.6 is 0 Å². The van der Waals surface area contributed by atoms with Crippen molar-refractivity contribution in [2.24, 2.45) is 0 Å². The van der Waals surface area contributed by atoms with E-state index in [9.17, 15) is 4.39 Å². The minimum atomic E-state index is -1.02. The zero-order chi connectivity index (χ0) is 11.8. The Balaban J connectivity index is 2.31. The van der Waals surface area contributed by atoms with Gasteiger partial charge in [-0.25, -0.2) is 4.39 Å². The average Bonchev–Trinajstić information content (AvgIpc) is 2.34. The molecule has 1 aliphatic rings. The Labute approximate surface area is 97.8 Å². The summed E-state index contributed by atoms with van der Waals surface area (Å²) in [5.74, 6) is 0. The van der Waals surface area contributed by atoms with Crippen LogP contribution in [0.25, 0.3) is 0 Å². The molecule has 3 unspecified atom stereocenters. The van der Waals surface area contributed by atoms with Crippen molar-refractivity contribution < 1.29 is 13.9 Å².